The molecular weight excluding hydrogens is 432 g/mol. The van der Waals surface area contributed by atoms with Gasteiger partial charge in [-0.25, -0.2) is 9.97 Å². The van der Waals surface area contributed by atoms with Crippen LogP contribution >= 0.6 is 0 Å². The van der Waals surface area contributed by atoms with E-state index in [1.807, 2.05) is 42.0 Å². The second-order valence-corrected chi connectivity index (χ2v) is 8.87. The Balaban J connectivity index is 1.13. The third kappa shape index (κ3) is 5.30. The highest BCUT2D eigenvalue weighted by Gasteiger charge is 2.24. The van der Waals surface area contributed by atoms with Crippen molar-refractivity contribution in [2.24, 2.45) is 5.92 Å². The Kier molecular flexibility index (Phi) is 6.60. The van der Waals surface area contributed by atoms with E-state index < -0.39 is 0 Å². The molecule has 34 heavy (non-hydrogen) atoms. The SMILES string of the molecule is Cc1cc(N2CCCC(CC(=O)NCCc3ccc4c(c3)OCCO4)C2)nc(-n2ccnc2)n1. The van der Waals surface area contributed by atoms with Gasteiger partial charge in [0.25, 0.3) is 0 Å². The molecule has 1 aromatic carbocycles. The van der Waals surface area contributed by atoms with Gasteiger partial charge in [-0.05, 0) is 49.8 Å². The van der Waals surface area contributed by atoms with Crippen molar-refractivity contribution in [3.05, 3.63) is 54.2 Å². The van der Waals surface area contributed by atoms with Gasteiger partial charge in [-0.15, -0.1) is 0 Å². The lowest BCUT2D eigenvalue weighted by molar-refractivity contribution is -0.122. The van der Waals surface area contributed by atoms with E-state index in [0.717, 1.165) is 60.9 Å². The fraction of sp³-hybridized carbons (Fsp3) is 0.440. The molecule has 0 radical (unpaired) electrons. The number of hydrogen-bond donors (Lipinski definition) is 1. The van der Waals surface area contributed by atoms with Crippen molar-refractivity contribution in [1.29, 1.82) is 0 Å². The number of piperidine rings is 1. The van der Waals surface area contributed by atoms with E-state index in [2.05, 4.69) is 20.2 Å². The summed E-state index contributed by atoms with van der Waals surface area (Å²) < 4.78 is 13.0. The van der Waals surface area contributed by atoms with Crippen LogP contribution in [0.1, 0.15) is 30.5 Å². The summed E-state index contributed by atoms with van der Waals surface area (Å²) in [5.41, 5.74) is 2.04. The molecule has 1 unspecified atom stereocenters. The number of fused-ring (bicyclic) bond motifs is 1. The topological polar surface area (TPSA) is 94.4 Å². The third-order valence-corrected chi connectivity index (χ3v) is 6.22. The maximum Gasteiger partial charge on any atom is 0.237 e. The molecule has 178 valence electrons. The van der Waals surface area contributed by atoms with Gasteiger partial charge in [-0.1, -0.05) is 6.07 Å². The molecule has 2 aliphatic rings. The summed E-state index contributed by atoms with van der Waals surface area (Å²) in [5, 5.41) is 3.08. The Morgan fingerprint density at radius 2 is 2.06 bits per heavy atom. The largest absolute Gasteiger partial charge is 0.486 e. The summed E-state index contributed by atoms with van der Waals surface area (Å²) in [6.45, 7) is 5.49. The second kappa shape index (κ2) is 10.1. The number of nitrogens with one attached hydrogen (secondary N) is 1. The van der Waals surface area contributed by atoms with E-state index in [1.165, 1.54) is 0 Å². The zero-order valence-electron chi connectivity index (χ0n) is 19.4. The van der Waals surface area contributed by atoms with Gasteiger partial charge in [0.05, 0.1) is 0 Å². The van der Waals surface area contributed by atoms with Crippen LogP contribution in [-0.2, 0) is 11.2 Å². The number of benzene rings is 1. The van der Waals surface area contributed by atoms with E-state index in [4.69, 9.17) is 14.5 Å². The molecular formula is C25H30N6O3. The van der Waals surface area contributed by atoms with Gasteiger partial charge in [0.15, 0.2) is 11.5 Å². The highest BCUT2D eigenvalue weighted by atomic mass is 16.6. The van der Waals surface area contributed by atoms with Gasteiger partial charge < -0.3 is 19.7 Å². The maximum atomic E-state index is 12.6. The van der Waals surface area contributed by atoms with Gasteiger partial charge in [0.2, 0.25) is 11.9 Å². The van der Waals surface area contributed by atoms with Crippen LogP contribution in [0.4, 0.5) is 5.82 Å². The molecule has 0 spiro atoms. The van der Waals surface area contributed by atoms with E-state index in [0.29, 0.717) is 38.0 Å². The first-order valence-corrected chi connectivity index (χ1v) is 11.9. The van der Waals surface area contributed by atoms with E-state index in [9.17, 15) is 4.79 Å². The minimum absolute atomic E-state index is 0.0994. The van der Waals surface area contributed by atoms with Gasteiger partial charge >= 0.3 is 0 Å². The summed E-state index contributed by atoms with van der Waals surface area (Å²) in [6, 6.07) is 7.98. The summed E-state index contributed by atoms with van der Waals surface area (Å²) in [5.74, 6) is 3.49. The van der Waals surface area contributed by atoms with Crippen molar-refractivity contribution in [1.82, 2.24) is 24.8 Å². The normalized spacial score (nSPS) is 17.4. The Labute approximate surface area is 199 Å². The average Bonchev–Trinajstić information content (AvgIpc) is 3.39. The van der Waals surface area contributed by atoms with Crippen LogP contribution in [0.2, 0.25) is 0 Å². The number of carbonyl (C=O) groups excluding carboxylic acids is 1. The number of aromatic nitrogens is 4. The number of carbonyl (C=O) groups is 1. The molecule has 1 amide bonds. The molecule has 5 rings (SSSR count). The zero-order valence-corrected chi connectivity index (χ0v) is 19.4. The van der Waals surface area contributed by atoms with Gasteiger partial charge in [-0.3, -0.25) is 9.36 Å². The molecule has 9 heteroatoms. The second-order valence-electron chi connectivity index (χ2n) is 8.87. The van der Waals surface area contributed by atoms with Crippen LogP contribution in [0.15, 0.2) is 43.0 Å². The molecule has 0 saturated carbocycles. The van der Waals surface area contributed by atoms with Crippen LogP contribution in [0, 0.1) is 12.8 Å². The molecule has 0 bridgehead atoms. The van der Waals surface area contributed by atoms with E-state index in [-0.39, 0.29) is 5.91 Å². The number of rotatable bonds is 7. The average molecular weight is 463 g/mol. The smallest absolute Gasteiger partial charge is 0.237 e. The lowest BCUT2D eigenvalue weighted by Gasteiger charge is -2.33. The van der Waals surface area contributed by atoms with Gasteiger partial charge in [-0.2, -0.15) is 4.98 Å². The van der Waals surface area contributed by atoms with Crippen molar-refractivity contribution < 1.29 is 14.3 Å². The van der Waals surface area contributed by atoms with Crippen LogP contribution < -0.4 is 19.7 Å². The van der Waals surface area contributed by atoms with Crippen molar-refractivity contribution in [3.63, 3.8) is 0 Å². The first-order chi connectivity index (χ1) is 16.6. The number of nitrogens with zero attached hydrogens (tertiary/aromatic N) is 5. The summed E-state index contributed by atoms with van der Waals surface area (Å²) in [6.07, 6.45) is 8.63. The van der Waals surface area contributed by atoms with Crippen LogP contribution in [0.5, 0.6) is 11.5 Å². The quantitative estimate of drug-likeness (QED) is 0.577. The number of hydrogen-bond acceptors (Lipinski definition) is 7. The highest BCUT2D eigenvalue weighted by Crippen LogP contribution is 2.31. The number of aryl methyl sites for hydroxylation is 1. The number of ether oxygens (including phenoxy) is 2. The van der Waals surface area contributed by atoms with Crippen LogP contribution in [0.25, 0.3) is 5.95 Å². The highest BCUT2D eigenvalue weighted by molar-refractivity contribution is 5.76. The Morgan fingerprint density at radius 1 is 1.18 bits per heavy atom. The predicted molar refractivity (Wildman–Crippen MR) is 128 cm³/mol. The fourth-order valence-corrected chi connectivity index (χ4v) is 4.56. The van der Waals surface area contributed by atoms with Crippen LogP contribution in [-0.4, -0.2) is 58.3 Å². The van der Waals surface area contributed by atoms with Crippen molar-refractivity contribution >= 4 is 11.7 Å². The molecule has 1 fully saturated rings. The Hall–Kier alpha value is -3.62. The lowest BCUT2D eigenvalue weighted by atomic mass is 9.94. The third-order valence-electron chi connectivity index (χ3n) is 6.22. The molecule has 3 aromatic rings. The number of amides is 1. The monoisotopic (exact) mass is 462 g/mol. The molecule has 1 saturated heterocycles. The lowest BCUT2D eigenvalue weighted by Crippen LogP contribution is -2.38. The molecule has 4 heterocycles. The number of imidazole rings is 1. The van der Waals surface area contributed by atoms with Gasteiger partial charge in [0, 0.05) is 50.2 Å². The fourth-order valence-electron chi connectivity index (χ4n) is 4.56. The summed E-state index contributed by atoms with van der Waals surface area (Å²) in [4.78, 5) is 28.3. The molecule has 2 aromatic heterocycles. The minimum Gasteiger partial charge on any atom is -0.486 e. The van der Waals surface area contributed by atoms with Crippen molar-refractivity contribution in [2.75, 3.05) is 37.7 Å². The molecule has 0 aliphatic carbocycles. The van der Waals surface area contributed by atoms with E-state index >= 15 is 0 Å². The standard InChI is InChI=1S/C25H30N6O3/c1-18-13-23(29-25(28-18)31-10-8-26-17-31)30-9-2-3-20(16-30)15-24(32)27-7-6-19-4-5-21-22(14-19)34-12-11-33-21/h4-5,8,10,13-14,17,20H,2-3,6-7,9,11-12,15-16H2,1H3,(H,27,32). The molecule has 2 aliphatic heterocycles. The van der Waals surface area contributed by atoms with Crippen LogP contribution in [0.3, 0.4) is 0 Å². The van der Waals surface area contributed by atoms with Gasteiger partial charge in [0.1, 0.15) is 25.4 Å². The zero-order chi connectivity index (χ0) is 23.3. The number of anilines is 1. The summed E-state index contributed by atoms with van der Waals surface area (Å²) >= 11 is 0. The summed E-state index contributed by atoms with van der Waals surface area (Å²) in [7, 11) is 0. The maximum absolute atomic E-state index is 12.6. The molecule has 1 N–H and O–H groups in total. The first-order valence-electron chi connectivity index (χ1n) is 11.9. The first kappa shape index (κ1) is 22.2. The Morgan fingerprint density at radius 3 is 2.91 bits per heavy atom. The molecule has 9 nitrogen and oxygen atoms in total. The van der Waals surface area contributed by atoms with Crippen molar-refractivity contribution in [3.8, 4) is 17.4 Å². The predicted octanol–water partition coefficient (Wildman–Crippen LogP) is 2.71. The van der Waals surface area contributed by atoms with E-state index in [1.54, 1.807) is 12.5 Å². The Bertz CT molecular complexity index is 1130. The minimum atomic E-state index is 0.0994. The van der Waals surface area contributed by atoms with Crippen molar-refractivity contribution in [2.45, 2.75) is 32.6 Å². The molecule has 1 atom stereocenters.